The predicted molar refractivity (Wildman–Crippen MR) is 146 cm³/mol. The van der Waals surface area contributed by atoms with Crippen molar-refractivity contribution in [2.24, 2.45) is 40.2 Å². The number of rotatable bonds is 13. The summed E-state index contributed by atoms with van der Waals surface area (Å²) in [6.07, 6.45) is 3.58. The molecule has 0 amide bonds. The van der Waals surface area contributed by atoms with E-state index in [0.717, 1.165) is 31.3 Å². The van der Waals surface area contributed by atoms with E-state index in [9.17, 15) is 44.5 Å². The van der Waals surface area contributed by atoms with Gasteiger partial charge in [-0.05, 0) is 73.2 Å². The molecule has 9 unspecified atom stereocenters. The Bertz CT molecular complexity index is 1220. The third kappa shape index (κ3) is 6.85. The van der Waals surface area contributed by atoms with Crippen molar-refractivity contribution in [1.29, 1.82) is 0 Å². The molecule has 244 valence electrons. The standard InChI is InChI=1S/C28H39N3O13/c1-27-8-7-16(32)9-15(27)3-4-18-19-5-6-20(28(19,2)11-22(33)25(18)27)23(34)14-41-24(35)10-21(29)26(36)42-12-17(44-31(39)40)13-43-30(37)38/h9,17-22,25,33H,3-8,10-14,29H2,1-2H3. The van der Waals surface area contributed by atoms with E-state index in [1.165, 1.54) is 0 Å². The molecule has 3 N–H and O–H groups in total. The highest BCUT2D eigenvalue weighted by molar-refractivity contribution is 5.91. The third-order valence-electron chi connectivity index (χ3n) is 10.4. The molecule has 3 saturated carbocycles. The normalized spacial score (nSPS) is 33.8. The highest BCUT2D eigenvalue weighted by atomic mass is 17.0. The number of carbonyl (C=O) groups is 4. The maximum absolute atomic E-state index is 13.3. The number of Topliss-reactive ketones (excluding diaryl/α,β-unsaturated/α-hetero) is 1. The average Bonchev–Trinajstić information content (AvgIpc) is 3.29. The number of hydrogen-bond acceptors (Lipinski definition) is 14. The molecule has 0 heterocycles. The van der Waals surface area contributed by atoms with Gasteiger partial charge in [0.05, 0.1) is 12.5 Å². The van der Waals surface area contributed by atoms with Crippen LogP contribution < -0.4 is 5.73 Å². The zero-order valence-corrected chi connectivity index (χ0v) is 24.7. The zero-order chi connectivity index (χ0) is 32.4. The summed E-state index contributed by atoms with van der Waals surface area (Å²) in [5.74, 6) is -2.21. The van der Waals surface area contributed by atoms with Crippen molar-refractivity contribution in [1.82, 2.24) is 0 Å². The Labute approximate surface area is 252 Å². The quantitative estimate of drug-likeness (QED) is 0.166. The largest absolute Gasteiger partial charge is 0.462 e. The summed E-state index contributed by atoms with van der Waals surface area (Å²) in [6.45, 7) is 1.97. The van der Waals surface area contributed by atoms with Crippen LogP contribution in [0, 0.1) is 54.7 Å². The predicted octanol–water partition coefficient (Wildman–Crippen LogP) is 1.26. The van der Waals surface area contributed by atoms with Crippen LogP contribution in [0.25, 0.3) is 0 Å². The third-order valence-corrected chi connectivity index (χ3v) is 10.4. The Morgan fingerprint density at radius 3 is 2.50 bits per heavy atom. The monoisotopic (exact) mass is 625 g/mol. The van der Waals surface area contributed by atoms with Gasteiger partial charge in [0.1, 0.15) is 25.9 Å². The minimum atomic E-state index is -1.61. The molecule has 4 aliphatic carbocycles. The van der Waals surface area contributed by atoms with Crippen molar-refractivity contribution in [3.8, 4) is 0 Å². The summed E-state index contributed by atoms with van der Waals surface area (Å²) in [6, 6.07) is -1.54. The van der Waals surface area contributed by atoms with E-state index in [1.807, 2.05) is 6.92 Å². The van der Waals surface area contributed by atoms with Crippen LogP contribution >= 0.6 is 0 Å². The van der Waals surface area contributed by atoms with Crippen LogP contribution in [0.4, 0.5) is 0 Å². The molecule has 0 saturated heterocycles. The molecule has 0 aliphatic heterocycles. The molecule has 16 heteroatoms. The van der Waals surface area contributed by atoms with Crippen molar-refractivity contribution in [2.45, 2.75) is 83.5 Å². The minimum absolute atomic E-state index is 0.0172. The SMILES string of the molecule is CC12CCC(=O)C=C1CCC1C2C(O)CC2(C)C(C(=O)COC(=O)CC(N)C(=O)OCC(CO[N+](=O)[O-])O[N+](=O)[O-])CCC12. The molecule has 44 heavy (non-hydrogen) atoms. The number of carbonyl (C=O) groups excluding carboxylic acids is 4. The van der Waals surface area contributed by atoms with E-state index in [4.69, 9.17) is 15.2 Å². The lowest BCUT2D eigenvalue weighted by atomic mass is 9.46. The molecule has 0 aromatic heterocycles. The van der Waals surface area contributed by atoms with Crippen LogP contribution in [-0.4, -0.2) is 76.9 Å². The van der Waals surface area contributed by atoms with Gasteiger partial charge in [-0.15, -0.1) is 20.2 Å². The van der Waals surface area contributed by atoms with E-state index in [-0.39, 0.29) is 34.7 Å². The number of fused-ring (bicyclic) bond motifs is 5. The number of nitrogens with zero attached hydrogens (tertiary/aromatic N) is 2. The number of ketones is 2. The van der Waals surface area contributed by atoms with Gasteiger partial charge in [-0.2, -0.15) is 0 Å². The van der Waals surface area contributed by atoms with Gasteiger partial charge < -0.3 is 30.0 Å². The number of hydrogen-bond donors (Lipinski definition) is 2. The van der Waals surface area contributed by atoms with Crippen LogP contribution in [0.2, 0.25) is 0 Å². The van der Waals surface area contributed by atoms with Crippen LogP contribution in [-0.2, 0) is 38.3 Å². The fourth-order valence-corrected chi connectivity index (χ4v) is 8.45. The number of aliphatic hydroxyl groups excluding tert-OH is 1. The Hall–Kier alpha value is -3.66. The number of allylic oxidation sites excluding steroid dienone is 1. The summed E-state index contributed by atoms with van der Waals surface area (Å²) in [5.41, 5.74) is 6.10. The molecular formula is C28H39N3O13. The lowest BCUT2D eigenvalue weighted by Crippen LogP contribution is -2.57. The molecule has 4 aliphatic rings. The smallest absolute Gasteiger partial charge is 0.323 e. The van der Waals surface area contributed by atoms with Crippen LogP contribution in [0.5, 0.6) is 0 Å². The van der Waals surface area contributed by atoms with Crippen molar-refractivity contribution in [3.63, 3.8) is 0 Å². The van der Waals surface area contributed by atoms with Crippen molar-refractivity contribution < 1.29 is 53.6 Å². The average molecular weight is 626 g/mol. The van der Waals surface area contributed by atoms with Crippen LogP contribution in [0.1, 0.15) is 65.2 Å². The summed E-state index contributed by atoms with van der Waals surface area (Å²) >= 11 is 0. The van der Waals surface area contributed by atoms with Crippen LogP contribution in [0.15, 0.2) is 11.6 Å². The summed E-state index contributed by atoms with van der Waals surface area (Å²) in [5, 5.41) is 29.9. The zero-order valence-electron chi connectivity index (χ0n) is 24.7. The number of esters is 2. The molecule has 16 nitrogen and oxygen atoms in total. The van der Waals surface area contributed by atoms with Crippen molar-refractivity contribution in [3.05, 3.63) is 31.9 Å². The van der Waals surface area contributed by atoms with E-state index < -0.39 is 77.9 Å². The Balaban J connectivity index is 1.29. The van der Waals surface area contributed by atoms with Gasteiger partial charge in [0.15, 0.2) is 17.7 Å². The first-order valence-corrected chi connectivity index (χ1v) is 14.8. The fourth-order valence-electron chi connectivity index (χ4n) is 8.45. The van der Waals surface area contributed by atoms with Crippen molar-refractivity contribution >= 4 is 23.5 Å². The second kappa shape index (κ2) is 13.1. The molecular weight excluding hydrogens is 586 g/mol. The topological polar surface area (TPSA) is 238 Å². The molecule has 0 radical (unpaired) electrons. The first kappa shape index (κ1) is 33.2. The first-order valence-electron chi connectivity index (χ1n) is 14.8. The molecule has 9 atom stereocenters. The van der Waals surface area contributed by atoms with Gasteiger partial charge in [0, 0.05) is 12.3 Å². The van der Waals surface area contributed by atoms with E-state index in [1.54, 1.807) is 6.08 Å². The summed E-state index contributed by atoms with van der Waals surface area (Å²) < 4.78 is 9.91. The second-order valence-corrected chi connectivity index (χ2v) is 12.8. The first-order chi connectivity index (χ1) is 20.7. The van der Waals surface area contributed by atoms with E-state index in [0.29, 0.717) is 19.3 Å². The van der Waals surface area contributed by atoms with Gasteiger partial charge in [-0.3, -0.25) is 19.2 Å². The van der Waals surface area contributed by atoms with Gasteiger partial charge >= 0.3 is 11.9 Å². The minimum Gasteiger partial charge on any atom is -0.462 e. The lowest BCUT2D eigenvalue weighted by molar-refractivity contribution is -0.790. The Kier molecular flexibility index (Phi) is 9.93. The number of aliphatic hydroxyl groups is 1. The molecule has 0 aromatic rings. The number of ether oxygens (including phenoxy) is 2. The maximum atomic E-state index is 13.3. The maximum Gasteiger partial charge on any atom is 0.323 e. The van der Waals surface area contributed by atoms with E-state index in [2.05, 4.69) is 16.6 Å². The van der Waals surface area contributed by atoms with Gasteiger partial charge in [0.2, 0.25) is 0 Å². The molecule has 0 aromatic carbocycles. The van der Waals surface area contributed by atoms with Gasteiger partial charge in [-0.25, -0.2) is 0 Å². The Morgan fingerprint density at radius 1 is 1.09 bits per heavy atom. The molecule has 4 rings (SSSR count). The summed E-state index contributed by atoms with van der Waals surface area (Å²) in [4.78, 5) is 79.0. The van der Waals surface area contributed by atoms with Gasteiger partial charge in [0.25, 0.3) is 10.2 Å². The highest BCUT2D eigenvalue weighted by Crippen LogP contribution is 2.66. The molecule has 0 spiro atoms. The Morgan fingerprint density at radius 2 is 1.82 bits per heavy atom. The van der Waals surface area contributed by atoms with Crippen LogP contribution in [0.3, 0.4) is 0 Å². The second-order valence-electron chi connectivity index (χ2n) is 12.8. The fraction of sp³-hybridized carbons (Fsp3) is 0.786. The number of nitrogens with two attached hydrogens (primary N) is 1. The lowest BCUT2D eigenvalue weighted by Gasteiger charge is -2.59. The summed E-state index contributed by atoms with van der Waals surface area (Å²) in [7, 11) is 0. The highest BCUT2D eigenvalue weighted by Gasteiger charge is 2.63. The van der Waals surface area contributed by atoms with Crippen molar-refractivity contribution in [2.75, 3.05) is 19.8 Å². The molecule has 0 bridgehead atoms. The molecule has 3 fully saturated rings. The van der Waals surface area contributed by atoms with Gasteiger partial charge in [-0.1, -0.05) is 19.4 Å². The van der Waals surface area contributed by atoms with E-state index >= 15 is 0 Å².